The standard InChI is InChI=1S/C16H12BrN3O2/c17-14-7-3-2-6-13(14)16(21)20-19-11-12-5-1-4-8-15(12)22-10-9-18/h1-8,11H,10H2,(H,20,21)/b19-11+. The maximum atomic E-state index is 12.0. The van der Waals surface area contributed by atoms with Crippen molar-refractivity contribution in [1.29, 1.82) is 5.26 Å². The molecule has 0 aliphatic carbocycles. The predicted molar refractivity (Wildman–Crippen MR) is 86.8 cm³/mol. The van der Waals surface area contributed by atoms with Crippen molar-refractivity contribution in [2.45, 2.75) is 0 Å². The average Bonchev–Trinajstić information content (AvgIpc) is 2.54. The minimum atomic E-state index is -0.320. The summed E-state index contributed by atoms with van der Waals surface area (Å²) in [5.41, 5.74) is 3.62. The van der Waals surface area contributed by atoms with Crippen LogP contribution in [0.2, 0.25) is 0 Å². The van der Waals surface area contributed by atoms with E-state index >= 15 is 0 Å². The molecule has 2 aromatic carbocycles. The van der Waals surface area contributed by atoms with Crippen molar-refractivity contribution in [3.63, 3.8) is 0 Å². The number of benzene rings is 2. The summed E-state index contributed by atoms with van der Waals surface area (Å²) in [5, 5.41) is 12.5. The Morgan fingerprint density at radius 1 is 1.27 bits per heavy atom. The summed E-state index contributed by atoms with van der Waals surface area (Å²) >= 11 is 3.31. The molecule has 22 heavy (non-hydrogen) atoms. The summed E-state index contributed by atoms with van der Waals surface area (Å²) in [6.07, 6.45) is 1.47. The number of hydrazone groups is 1. The predicted octanol–water partition coefficient (Wildman–Crippen LogP) is 3.12. The Balaban J connectivity index is 2.06. The van der Waals surface area contributed by atoms with E-state index in [9.17, 15) is 4.79 Å². The normalized spacial score (nSPS) is 10.2. The van der Waals surface area contributed by atoms with Crippen LogP contribution in [-0.4, -0.2) is 18.7 Å². The number of halogens is 1. The Morgan fingerprint density at radius 2 is 2.00 bits per heavy atom. The van der Waals surface area contributed by atoms with Crippen molar-refractivity contribution in [1.82, 2.24) is 5.43 Å². The summed E-state index contributed by atoms with van der Waals surface area (Å²) in [4.78, 5) is 12.0. The third kappa shape index (κ3) is 4.17. The van der Waals surface area contributed by atoms with E-state index in [2.05, 4.69) is 26.5 Å². The first kappa shape index (κ1) is 15.7. The molecule has 0 aliphatic rings. The van der Waals surface area contributed by atoms with Crippen LogP contribution in [0.1, 0.15) is 15.9 Å². The van der Waals surface area contributed by atoms with Crippen molar-refractivity contribution in [2.75, 3.05) is 6.61 Å². The summed E-state index contributed by atoms with van der Waals surface area (Å²) in [7, 11) is 0. The van der Waals surface area contributed by atoms with Crippen molar-refractivity contribution >= 4 is 28.1 Å². The van der Waals surface area contributed by atoms with Gasteiger partial charge in [0.25, 0.3) is 5.91 Å². The highest BCUT2D eigenvalue weighted by Crippen LogP contribution is 2.16. The molecule has 0 saturated carbocycles. The van der Waals surface area contributed by atoms with Crippen molar-refractivity contribution in [3.05, 3.63) is 64.1 Å². The van der Waals surface area contributed by atoms with E-state index in [1.807, 2.05) is 18.2 Å². The van der Waals surface area contributed by atoms with Gasteiger partial charge in [-0.1, -0.05) is 24.3 Å². The van der Waals surface area contributed by atoms with Crippen molar-refractivity contribution < 1.29 is 9.53 Å². The molecule has 110 valence electrons. The van der Waals surface area contributed by atoms with E-state index in [1.54, 1.807) is 36.4 Å². The minimum Gasteiger partial charge on any atom is -0.478 e. The minimum absolute atomic E-state index is 0.0474. The summed E-state index contributed by atoms with van der Waals surface area (Å²) < 4.78 is 5.97. The van der Waals surface area contributed by atoms with Crippen LogP contribution < -0.4 is 10.2 Å². The van der Waals surface area contributed by atoms with Crippen LogP contribution in [0.5, 0.6) is 5.75 Å². The largest absolute Gasteiger partial charge is 0.478 e. The number of nitrogens with one attached hydrogen (secondary N) is 1. The Bertz CT molecular complexity index is 738. The van der Waals surface area contributed by atoms with Crippen LogP contribution >= 0.6 is 15.9 Å². The highest BCUT2D eigenvalue weighted by Gasteiger charge is 2.07. The van der Waals surface area contributed by atoms with Crippen LogP contribution in [0.4, 0.5) is 0 Å². The van der Waals surface area contributed by atoms with Crippen molar-refractivity contribution in [2.24, 2.45) is 5.10 Å². The zero-order valence-corrected chi connectivity index (χ0v) is 13.1. The number of hydrogen-bond acceptors (Lipinski definition) is 4. The van der Waals surface area contributed by atoms with Gasteiger partial charge in [-0.15, -0.1) is 0 Å². The monoisotopic (exact) mass is 357 g/mol. The second kappa shape index (κ2) is 7.96. The fourth-order valence-corrected chi connectivity index (χ4v) is 2.16. The van der Waals surface area contributed by atoms with Crippen LogP contribution in [0, 0.1) is 11.3 Å². The van der Waals surface area contributed by atoms with Crippen LogP contribution in [0.25, 0.3) is 0 Å². The molecule has 0 fully saturated rings. The number of carbonyl (C=O) groups is 1. The lowest BCUT2D eigenvalue weighted by molar-refractivity contribution is 0.0954. The van der Waals surface area contributed by atoms with Gasteiger partial charge in [-0.25, -0.2) is 5.43 Å². The Morgan fingerprint density at radius 3 is 2.77 bits per heavy atom. The fraction of sp³-hybridized carbons (Fsp3) is 0.0625. The maximum absolute atomic E-state index is 12.0. The van der Waals surface area contributed by atoms with Gasteiger partial charge in [0.2, 0.25) is 0 Å². The topological polar surface area (TPSA) is 74.5 Å². The number of nitrogens with zero attached hydrogens (tertiary/aromatic N) is 2. The SMILES string of the molecule is N#CCOc1ccccc1/C=N/NC(=O)c1ccccc1Br. The molecule has 0 heterocycles. The zero-order valence-electron chi connectivity index (χ0n) is 11.5. The first-order valence-corrected chi connectivity index (χ1v) is 7.18. The first-order valence-electron chi connectivity index (χ1n) is 6.39. The quantitative estimate of drug-likeness (QED) is 0.659. The molecule has 0 aliphatic heterocycles. The molecule has 0 aromatic heterocycles. The molecule has 0 bridgehead atoms. The second-order valence-electron chi connectivity index (χ2n) is 4.16. The van der Waals surface area contributed by atoms with Gasteiger partial charge in [-0.3, -0.25) is 4.79 Å². The number of ether oxygens (including phenoxy) is 1. The smallest absolute Gasteiger partial charge is 0.272 e. The van der Waals surface area contributed by atoms with E-state index < -0.39 is 0 Å². The van der Waals surface area contributed by atoms with Crippen LogP contribution in [0.3, 0.4) is 0 Å². The van der Waals surface area contributed by atoms with E-state index in [0.717, 1.165) is 0 Å². The average molecular weight is 358 g/mol. The van der Waals surface area contributed by atoms with Crippen LogP contribution in [0.15, 0.2) is 58.1 Å². The molecule has 0 saturated heterocycles. The number of nitriles is 1. The Labute approximate surface area is 136 Å². The number of carbonyl (C=O) groups excluding carboxylic acids is 1. The first-order chi connectivity index (χ1) is 10.7. The molecule has 0 radical (unpaired) electrons. The van der Waals surface area contributed by atoms with Crippen molar-refractivity contribution in [3.8, 4) is 11.8 Å². The van der Waals surface area contributed by atoms with E-state index in [4.69, 9.17) is 10.00 Å². The van der Waals surface area contributed by atoms with E-state index in [0.29, 0.717) is 21.3 Å². The molecular weight excluding hydrogens is 346 g/mol. The summed E-state index contributed by atoms with van der Waals surface area (Å²) in [6.45, 7) is -0.0474. The highest BCUT2D eigenvalue weighted by molar-refractivity contribution is 9.10. The number of para-hydroxylation sites is 1. The van der Waals surface area contributed by atoms with Gasteiger partial charge < -0.3 is 4.74 Å². The maximum Gasteiger partial charge on any atom is 0.272 e. The summed E-state index contributed by atoms with van der Waals surface area (Å²) in [5.74, 6) is 0.210. The van der Waals surface area contributed by atoms with E-state index in [1.165, 1.54) is 6.21 Å². The van der Waals surface area contributed by atoms with Gasteiger partial charge in [-0.2, -0.15) is 10.4 Å². The second-order valence-corrected chi connectivity index (χ2v) is 5.02. The molecule has 1 amide bonds. The molecule has 1 N–H and O–H groups in total. The molecule has 2 rings (SSSR count). The molecule has 0 atom stereocenters. The highest BCUT2D eigenvalue weighted by atomic mass is 79.9. The molecule has 0 spiro atoms. The lowest BCUT2D eigenvalue weighted by Gasteiger charge is -2.05. The van der Waals surface area contributed by atoms with E-state index in [-0.39, 0.29) is 12.5 Å². The molecule has 5 nitrogen and oxygen atoms in total. The lowest BCUT2D eigenvalue weighted by Crippen LogP contribution is -2.18. The van der Waals surface area contributed by atoms with Crippen LogP contribution in [-0.2, 0) is 0 Å². The number of hydrogen-bond donors (Lipinski definition) is 1. The molecule has 2 aromatic rings. The Kier molecular flexibility index (Phi) is 5.69. The lowest BCUT2D eigenvalue weighted by atomic mass is 10.2. The zero-order chi connectivity index (χ0) is 15.8. The van der Waals surface area contributed by atoms with Gasteiger partial charge in [0, 0.05) is 10.0 Å². The molecule has 6 heteroatoms. The molecule has 0 unspecified atom stereocenters. The Hall–Kier alpha value is -2.65. The van der Waals surface area contributed by atoms with Gasteiger partial charge in [0.15, 0.2) is 6.61 Å². The van der Waals surface area contributed by atoms with Gasteiger partial charge in [0.1, 0.15) is 11.8 Å². The third-order valence-corrected chi connectivity index (χ3v) is 3.39. The van der Waals surface area contributed by atoms with Gasteiger partial charge >= 0.3 is 0 Å². The number of amides is 1. The summed E-state index contributed by atoms with van der Waals surface area (Å²) in [6, 6.07) is 16.1. The number of rotatable bonds is 5. The fourth-order valence-electron chi connectivity index (χ4n) is 1.69. The van der Waals surface area contributed by atoms with Gasteiger partial charge in [-0.05, 0) is 40.2 Å². The third-order valence-electron chi connectivity index (χ3n) is 2.70. The van der Waals surface area contributed by atoms with Gasteiger partial charge in [0.05, 0.1) is 11.8 Å². The molecular formula is C16H12BrN3O2.